The molecule has 0 aromatic heterocycles. The summed E-state index contributed by atoms with van der Waals surface area (Å²) < 4.78 is 193. The first kappa shape index (κ1) is 50.8. The van der Waals surface area contributed by atoms with Gasteiger partial charge >= 0.3 is 36.6 Å². The second kappa shape index (κ2) is 18.6. The third-order valence-corrected chi connectivity index (χ3v) is 12.2. The van der Waals surface area contributed by atoms with Gasteiger partial charge in [0, 0.05) is 0 Å². The van der Waals surface area contributed by atoms with Crippen LogP contribution in [0, 0.1) is 17.3 Å². The maximum absolute atomic E-state index is 14.9. The van der Waals surface area contributed by atoms with Gasteiger partial charge in [0.25, 0.3) is 0 Å². The van der Waals surface area contributed by atoms with Gasteiger partial charge in [-0.2, -0.15) is 52.7 Å². The van der Waals surface area contributed by atoms with E-state index < -0.39 is 110 Å². The number of carbonyl (C=O) groups excluding carboxylic acids is 2. The fraction of sp³-hybridized carbons (Fsp3) is 0.333. The van der Waals surface area contributed by atoms with E-state index in [4.69, 9.17) is 14.2 Å². The highest BCUT2D eigenvalue weighted by atomic mass is 19.4. The van der Waals surface area contributed by atoms with Crippen LogP contribution in [0.3, 0.4) is 0 Å². The Kier molecular flexibility index (Phi) is 14.3. The van der Waals surface area contributed by atoms with Crippen LogP contribution < -0.4 is 14.2 Å². The van der Waals surface area contributed by atoms with Crippen LogP contribution in [0.4, 0.5) is 52.7 Å². The Labute approximate surface area is 371 Å². The van der Waals surface area contributed by atoms with Crippen LogP contribution >= 0.6 is 0 Å². The highest BCUT2D eigenvalue weighted by molar-refractivity contribution is 5.81. The minimum absolute atomic E-state index is 0.00752. The minimum Gasteiger partial charge on any atom is -0.508 e. The van der Waals surface area contributed by atoms with Crippen LogP contribution in [-0.4, -0.2) is 41.8 Å². The lowest BCUT2D eigenvalue weighted by atomic mass is 9.70. The van der Waals surface area contributed by atoms with Gasteiger partial charge in [0.1, 0.15) is 29.1 Å². The van der Waals surface area contributed by atoms with Crippen molar-refractivity contribution in [2.75, 3.05) is 0 Å². The summed E-state index contributed by atoms with van der Waals surface area (Å²) in [5, 5.41) is 9.53. The summed E-state index contributed by atoms with van der Waals surface area (Å²) in [6.45, 7) is 7.30. The number of benzene rings is 5. The van der Waals surface area contributed by atoms with Crippen molar-refractivity contribution in [2.24, 2.45) is 17.3 Å². The van der Waals surface area contributed by atoms with Crippen LogP contribution in [0.1, 0.15) is 75.0 Å². The maximum Gasteiger partial charge on any atom is 0.411 e. The Morgan fingerprint density at radius 1 is 0.515 bits per heavy atom. The van der Waals surface area contributed by atoms with Gasteiger partial charge in [-0.3, -0.25) is 9.59 Å². The topological polar surface area (TPSA) is 82.1 Å². The third kappa shape index (κ3) is 9.41. The van der Waals surface area contributed by atoms with Gasteiger partial charge in [0.2, 0.25) is 10.8 Å². The molecule has 0 amide bonds. The van der Waals surface area contributed by atoms with Crippen LogP contribution in [0.15, 0.2) is 127 Å². The van der Waals surface area contributed by atoms with Crippen molar-refractivity contribution in [2.45, 2.75) is 82.7 Å². The quantitative estimate of drug-likeness (QED) is 0.0678. The van der Waals surface area contributed by atoms with E-state index in [9.17, 15) is 67.4 Å². The molecule has 0 heterocycles. The van der Waals surface area contributed by atoms with E-state index >= 15 is 0 Å². The Balaban J connectivity index is 1.35. The Hall–Kier alpha value is -6.20. The number of rotatable bonds is 14. The summed E-state index contributed by atoms with van der Waals surface area (Å²) in [6.07, 6.45) is -24.4. The smallest absolute Gasteiger partial charge is 0.411 e. The summed E-state index contributed by atoms with van der Waals surface area (Å²) >= 11 is 0. The molecule has 0 aliphatic carbocycles. The molecule has 5 rings (SSSR count). The first-order valence-electron chi connectivity index (χ1n) is 20.1. The van der Waals surface area contributed by atoms with E-state index in [1.54, 1.807) is 37.3 Å². The van der Waals surface area contributed by atoms with E-state index in [1.165, 1.54) is 27.7 Å². The molecule has 18 heteroatoms. The monoisotopic (exact) mass is 942 g/mol. The van der Waals surface area contributed by atoms with Crippen molar-refractivity contribution >= 4 is 11.9 Å². The number of esters is 2. The summed E-state index contributed by atoms with van der Waals surface area (Å²) in [6, 6.07) is 19.3. The zero-order valence-corrected chi connectivity index (χ0v) is 35.6. The molecule has 0 radical (unpaired) electrons. The largest absolute Gasteiger partial charge is 0.508 e. The number of phenolic OH excluding ortho intramolecular Hbond substituents is 1. The third-order valence-electron chi connectivity index (χ3n) is 12.2. The van der Waals surface area contributed by atoms with Gasteiger partial charge in [0.05, 0.1) is 11.3 Å². The predicted molar refractivity (Wildman–Crippen MR) is 217 cm³/mol. The lowest BCUT2D eigenvalue weighted by molar-refractivity contribution is -0.290. The molecule has 0 aliphatic rings. The van der Waals surface area contributed by atoms with Crippen molar-refractivity contribution < 1.29 is 81.6 Å². The number of ether oxygens (including phenoxy) is 3. The van der Waals surface area contributed by atoms with E-state index in [2.05, 4.69) is 0 Å². The maximum atomic E-state index is 14.9. The highest BCUT2D eigenvalue weighted by Crippen LogP contribution is 2.58. The number of halogens is 12. The second-order valence-corrected chi connectivity index (χ2v) is 15.9. The molecule has 354 valence electrons. The van der Waals surface area contributed by atoms with Gasteiger partial charge in [-0.15, -0.1) is 0 Å². The Morgan fingerprint density at radius 3 is 1.23 bits per heavy atom. The van der Waals surface area contributed by atoms with E-state index in [-0.39, 0.29) is 12.2 Å². The van der Waals surface area contributed by atoms with Gasteiger partial charge in [-0.1, -0.05) is 99.6 Å². The average molecular weight is 943 g/mol. The van der Waals surface area contributed by atoms with Crippen molar-refractivity contribution in [1.82, 2.24) is 0 Å². The second-order valence-electron chi connectivity index (χ2n) is 15.9. The predicted octanol–water partition coefficient (Wildman–Crippen LogP) is 13.6. The number of phenols is 1. The first-order chi connectivity index (χ1) is 30.6. The van der Waals surface area contributed by atoms with E-state index in [0.717, 1.165) is 36.4 Å². The van der Waals surface area contributed by atoms with Gasteiger partial charge in [-0.25, -0.2) is 0 Å². The highest BCUT2D eigenvalue weighted by Gasteiger charge is 2.73. The lowest BCUT2D eigenvalue weighted by Gasteiger charge is -2.38. The Bertz CT molecular complexity index is 2400. The molecule has 0 aliphatic heterocycles. The van der Waals surface area contributed by atoms with Crippen LogP contribution in [0.25, 0.3) is 0 Å². The lowest BCUT2D eigenvalue weighted by Crippen LogP contribution is -2.54. The summed E-state index contributed by atoms with van der Waals surface area (Å²) in [5.74, 6) is -5.79. The van der Waals surface area contributed by atoms with Gasteiger partial charge < -0.3 is 19.3 Å². The number of hydrogen-bond acceptors (Lipinski definition) is 6. The molecule has 4 atom stereocenters. The molecule has 5 aromatic carbocycles. The molecule has 5 aromatic rings. The molecule has 4 unspecified atom stereocenters. The number of carbonyl (C=O) groups is 2. The molecule has 66 heavy (non-hydrogen) atoms. The molecule has 6 nitrogen and oxygen atoms in total. The van der Waals surface area contributed by atoms with Crippen molar-refractivity contribution in [3.63, 3.8) is 0 Å². The zero-order valence-electron chi connectivity index (χ0n) is 35.6. The SMILES string of the molecule is CCC(C)(C(=O)Oc1ccc(C(c2ccc(O)cc2)(C(F)(F)F)C(F)(F)F)cc1)C(C)C(C)C(=O)Oc1ccc(C(c2ccc(OC(C)c3ccccc3)cc2)(C(F)(F)F)C(F)(F)F)cc1. The fourth-order valence-electron chi connectivity index (χ4n) is 7.84. The molecule has 0 fully saturated rings. The molecule has 0 saturated carbocycles. The van der Waals surface area contributed by atoms with E-state index in [0.29, 0.717) is 66.2 Å². The Morgan fingerprint density at radius 2 is 0.864 bits per heavy atom. The zero-order chi connectivity index (χ0) is 49.3. The van der Waals surface area contributed by atoms with Crippen LogP contribution in [-0.2, 0) is 20.4 Å². The molecule has 0 spiro atoms. The van der Waals surface area contributed by atoms with Crippen molar-refractivity contribution in [1.29, 1.82) is 0 Å². The molecular weight excluding hydrogens is 900 g/mol. The van der Waals surface area contributed by atoms with Crippen LogP contribution in [0.2, 0.25) is 0 Å². The average Bonchev–Trinajstić information content (AvgIpc) is 3.24. The summed E-state index contributed by atoms with van der Waals surface area (Å²) in [7, 11) is 0. The minimum atomic E-state index is -5.94. The van der Waals surface area contributed by atoms with Crippen molar-refractivity contribution in [3.05, 3.63) is 155 Å². The summed E-state index contributed by atoms with van der Waals surface area (Å²) in [5.41, 5.74) is -14.9. The molecule has 1 N–H and O–H groups in total. The van der Waals surface area contributed by atoms with Crippen molar-refractivity contribution in [3.8, 4) is 23.0 Å². The number of alkyl halides is 12. The standard InChI is InChI=1S/C48H42F12O6/c1-6-42(5,41(63)66-39-26-18-35(19-27-39)43(45(49,50)51,46(52,53)54)32-12-20-36(61)21-13-32)29(3)28(2)40(62)65-38-24-16-34(17-25-38)44(47(55,56)57,48(58,59)60)33-14-22-37(23-15-33)64-30(4)31-10-8-7-9-11-31/h7-30,61H,6H2,1-5H3. The summed E-state index contributed by atoms with van der Waals surface area (Å²) in [4.78, 5) is 27.0. The van der Waals surface area contributed by atoms with E-state index in [1.807, 2.05) is 0 Å². The number of aromatic hydroxyl groups is 1. The first-order valence-corrected chi connectivity index (χ1v) is 20.1. The van der Waals surface area contributed by atoms with Gasteiger partial charge in [-0.05, 0) is 103 Å². The normalized spacial score (nSPS) is 15.2. The fourth-order valence-corrected chi connectivity index (χ4v) is 7.84. The molecule has 0 bridgehead atoms. The van der Waals surface area contributed by atoms with Crippen LogP contribution in [0.5, 0.6) is 23.0 Å². The van der Waals surface area contributed by atoms with Gasteiger partial charge in [0.15, 0.2) is 0 Å². The molecule has 0 saturated heterocycles. The molecular formula is C48H42F12O6. The number of hydrogen-bond donors (Lipinski definition) is 1.